The highest BCUT2D eigenvalue weighted by Crippen LogP contribution is 2.24. The van der Waals surface area contributed by atoms with Gasteiger partial charge in [0.15, 0.2) is 0 Å². The van der Waals surface area contributed by atoms with Crippen LogP contribution < -0.4 is 0 Å². The van der Waals surface area contributed by atoms with E-state index in [2.05, 4.69) is 11.8 Å². The number of hydrogen-bond donors (Lipinski definition) is 1. The molecular weight excluding hydrogens is 226 g/mol. The van der Waals surface area contributed by atoms with Crippen LogP contribution in [0.25, 0.3) is 0 Å². The van der Waals surface area contributed by atoms with E-state index < -0.39 is 0 Å². The Balaban J connectivity index is 1.86. The van der Waals surface area contributed by atoms with Crippen molar-refractivity contribution in [3.8, 4) is 0 Å². The van der Waals surface area contributed by atoms with Crippen molar-refractivity contribution >= 4 is 0 Å². The molecule has 1 N–H and O–H groups in total. The predicted molar refractivity (Wildman–Crippen MR) is 72.4 cm³/mol. The Hall–Kier alpha value is -0.900. The first-order valence-corrected chi connectivity index (χ1v) is 6.69. The van der Waals surface area contributed by atoms with Crippen LogP contribution in [-0.4, -0.2) is 42.9 Å². The fourth-order valence-electron chi connectivity index (χ4n) is 2.64. The van der Waals surface area contributed by atoms with Gasteiger partial charge in [0.25, 0.3) is 0 Å². The Labute approximate surface area is 109 Å². The third kappa shape index (κ3) is 3.31. The minimum atomic E-state index is -0.382. The summed E-state index contributed by atoms with van der Waals surface area (Å²) in [6, 6.07) is 9.90. The van der Waals surface area contributed by atoms with Gasteiger partial charge >= 0.3 is 0 Å². The molecule has 3 heteroatoms. The maximum atomic E-state index is 10.3. The number of aliphatic hydroxyl groups excluding tert-OH is 1. The smallest absolute Gasteiger partial charge is 0.0827 e. The number of rotatable bonds is 5. The maximum Gasteiger partial charge on any atom is 0.0827 e. The van der Waals surface area contributed by atoms with Gasteiger partial charge in [0.05, 0.1) is 12.2 Å². The van der Waals surface area contributed by atoms with E-state index in [-0.39, 0.29) is 12.0 Å². The highest BCUT2D eigenvalue weighted by molar-refractivity contribution is 5.17. The molecule has 1 aliphatic heterocycles. The summed E-state index contributed by atoms with van der Waals surface area (Å²) in [7, 11) is 1.77. The van der Waals surface area contributed by atoms with Gasteiger partial charge in [-0.2, -0.15) is 0 Å². The molecule has 1 heterocycles. The molecule has 1 saturated heterocycles. The van der Waals surface area contributed by atoms with Crippen molar-refractivity contribution in [2.24, 2.45) is 5.92 Å². The van der Waals surface area contributed by atoms with Crippen LogP contribution in [-0.2, 0) is 4.74 Å². The van der Waals surface area contributed by atoms with E-state index in [9.17, 15) is 5.11 Å². The Kier molecular flexibility index (Phi) is 4.75. The molecule has 0 aliphatic carbocycles. The van der Waals surface area contributed by atoms with Crippen molar-refractivity contribution in [3.05, 3.63) is 35.9 Å². The largest absolute Gasteiger partial charge is 0.388 e. The van der Waals surface area contributed by atoms with Crippen molar-refractivity contribution in [3.63, 3.8) is 0 Å². The van der Waals surface area contributed by atoms with Crippen LogP contribution in [0.2, 0.25) is 0 Å². The number of benzene rings is 1. The van der Waals surface area contributed by atoms with Gasteiger partial charge in [-0.15, -0.1) is 0 Å². The molecule has 1 aromatic rings. The lowest BCUT2D eigenvalue weighted by molar-refractivity contribution is 0.0799. The minimum absolute atomic E-state index is 0.239. The van der Waals surface area contributed by atoms with Crippen LogP contribution in [0.3, 0.4) is 0 Å². The van der Waals surface area contributed by atoms with Crippen LogP contribution in [0.4, 0.5) is 0 Å². The third-order valence-corrected chi connectivity index (χ3v) is 3.79. The molecule has 18 heavy (non-hydrogen) atoms. The molecule has 0 bridgehead atoms. The molecule has 0 spiro atoms. The van der Waals surface area contributed by atoms with Crippen LogP contribution in [0.1, 0.15) is 25.0 Å². The van der Waals surface area contributed by atoms with Crippen LogP contribution in [0.15, 0.2) is 30.3 Å². The molecule has 2 rings (SSSR count). The topological polar surface area (TPSA) is 32.7 Å². The van der Waals surface area contributed by atoms with E-state index in [0.717, 1.165) is 31.6 Å². The number of likely N-dealkylation sites (tertiary alicyclic amines) is 1. The van der Waals surface area contributed by atoms with Crippen molar-refractivity contribution in [1.82, 2.24) is 4.90 Å². The number of methoxy groups -OCH3 is 1. The van der Waals surface area contributed by atoms with Gasteiger partial charge in [0, 0.05) is 26.7 Å². The van der Waals surface area contributed by atoms with Crippen LogP contribution >= 0.6 is 0 Å². The lowest BCUT2D eigenvalue weighted by Crippen LogP contribution is -2.30. The number of aliphatic hydroxyl groups is 1. The molecule has 0 aromatic heterocycles. The summed E-state index contributed by atoms with van der Waals surface area (Å²) in [6.07, 6.45) is 1.09. The zero-order valence-electron chi connectivity index (χ0n) is 11.2. The van der Waals surface area contributed by atoms with Gasteiger partial charge in [-0.05, 0) is 17.9 Å². The second kappa shape index (κ2) is 6.32. The first-order chi connectivity index (χ1) is 8.70. The maximum absolute atomic E-state index is 10.3. The molecule has 1 aliphatic rings. The first-order valence-electron chi connectivity index (χ1n) is 6.69. The summed E-state index contributed by atoms with van der Waals surface area (Å²) in [4.78, 5) is 2.38. The fourth-order valence-corrected chi connectivity index (χ4v) is 2.64. The van der Waals surface area contributed by atoms with Crippen molar-refractivity contribution in [2.45, 2.75) is 25.6 Å². The predicted octanol–water partition coefficient (Wildman–Crippen LogP) is 2.08. The first kappa shape index (κ1) is 13.5. The average Bonchev–Trinajstić information content (AvgIpc) is 2.86. The quantitative estimate of drug-likeness (QED) is 0.867. The van der Waals surface area contributed by atoms with Gasteiger partial charge in [-0.1, -0.05) is 37.3 Å². The van der Waals surface area contributed by atoms with Gasteiger partial charge in [0.2, 0.25) is 0 Å². The Morgan fingerprint density at radius 1 is 1.39 bits per heavy atom. The third-order valence-electron chi connectivity index (χ3n) is 3.79. The molecule has 3 unspecified atom stereocenters. The number of ether oxygens (including phenoxy) is 1. The van der Waals surface area contributed by atoms with Gasteiger partial charge < -0.3 is 14.7 Å². The lowest BCUT2D eigenvalue weighted by atomic mass is 9.97. The van der Waals surface area contributed by atoms with Crippen LogP contribution in [0.5, 0.6) is 0 Å². The van der Waals surface area contributed by atoms with E-state index in [1.807, 2.05) is 30.3 Å². The molecule has 3 atom stereocenters. The molecule has 0 saturated carbocycles. The van der Waals surface area contributed by atoms with E-state index in [1.54, 1.807) is 7.11 Å². The highest BCUT2D eigenvalue weighted by Gasteiger charge is 2.25. The summed E-state index contributed by atoms with van der Waals surface area (Å²) < 4.78 is 5.36. The minimum Gasteiger partial charge on any atom is -0.388 e. The highest BCUT2D eigenvalue weighted by atomic mass is 16.5. The summed E-state index contributed by atoms with van der Waals surface area (Å²) in [6.45, 7) is 5.10. The van der Waals surface area contributed by atoms with Gasteiger partial charge in [-0.25, -0.2) is 0 Å². The molecule has 1 fully saturated rings. The number of hydrogen-bond acceptors (Lipinski definition) is 3. The van der Waals surface area contributed by atoms with E-state index >= 15 is 0 Å². The summed E-state index contributed by atoms with van der Waals surface area (Å²) in [5.41, 5.74) is 1.01. The Morgan fingerprint density at radius 3 is 2.72 bits per heavy atom. The van der Waals surface area contributed by atoms with Gasteiger partial charge in [-0.3, -0.25) is 0 Å². The molecule has 0 radical (unpaired) electrons. The fraction of sp³-hybridized carbons (Fsp3) is 0.600. The Morgan fingerprint density at radius 2 is 2.11 bits per heavy atom. The summed E-state index contributed by atoms with van der Waals surface area (Å²) in [5, 5.41) is 10.3. The molecule has 0 amide bonds. The van der Waals surface area contributed by atoms with Crippen LogP contribution in [0, 0.1) is 5.92 Å². The van der Waals surface area contributed by atoms with E-state index in [4.69, 9.17) is 4.74 Å². The standard InChI is InChI=1S/C15H23NO2/c1-12(10-16-9-8-14(11-16)18-2)15(17)13-6-4-3-5-7-13/h3-7,12,14-15,17H,8-11H2,1-2H3. The average molecular weight is 249 g/mol. The molecule has 100 valence electrons. The molecular formula is C15H23NO2. The van der Waals surface area contributed by atoms with Crippen molar-refractivity contribution < 1.29 is 9.84 Å². The monoisotopic (exact) mass is 249 g/mol. The Bertz CT molecular complexity index is 355. The molecule has 3 nitrogen and oxygen atoms in total. The summed E-state index contributed by atoms with van der Waals surface area (Å²) >= 11 is 0. The van der Waals surface area contributed by atoms with E-state index in [0.29, 0.717) is 6.10 Å². The van der Waals surface area contributed by atoms with Gasteiger partial charge in [0.1, 0.15) is 0 Å². The summed E-state index contributed by atoms with van der Waals surface area (Å²) in [5.74, 6) is 0.239. The second-order valence-electron chi connectivity index (χ2n) is 5.24. The molecule has 1 aromatic carbocycles. The van der Waals surface area contributed by atoms with Crippen molar-refractivity contribution in [1.29, 1.82) is 0 Å². The van der Waals surface area contributed by atoms with Crippen molar-refractivity contribution in [2.75, 3.05) is 26.7 Å². The second-order valence-corrected chi connectivity index (χ2v) is 5.24. The van der Waals surface area contributed by atoms with E-state index in [1.165, 1.54) is 0 Å². The zero-order valence-corrected chi connectivity index (χ0v) is 11.2. The lowest BCUT2D eigenvalue weighted by Gasteiger charge is -2.24. The number of nitrogens with zero attached hydrogens (tertiary/aromatic N) is 1. The zero-order chi connectivity index (χ0) is 13.0. The SMILES string of the molecule is COC1CCN(CC(C)C(O)c2ccccc2)C1. The normalized spacial score (nSPS) is 24.1.